The van der Waals surface area contributed by atoms with Gasteiger partial charge < -0.3 is 15.6 Å². The number of hydrogen-bond acceptors (Lipinski definition) is 6. The Kier molecular flexibility index (Phi) is 7.89. The highest BCUT2D eigenvalue weighted by molar-refractivity contribution is 7.92. The fraction of sp³-hybridized carbons (Fsp3) is 0.500. The minimum atomic E-state index is -3.65. The van der Waals surface area contributed by atoms with Crippen LogP contribution in [0.5, 0.6) is 0 Å². The standard InChI is InChI=1S/C22H31N5O4S/c1-16-7-9-19(26-32(30,31)12-11-17-5-3-2-4-6-17)22(29)27(16)15-21(28)25-14-18-8-10-20(23)24-13-18/h7-10,13,17,26H,2-6,11-12,14-15H2,1H3,(H2,23,24)(H,25,28). The van der Waals surface area contributed by atoms with Crippen molar-refractivity contribution in [3.05, 3.63) is 52.1 Å². The topological polar surface area (TPSA) is 136 Å². The molecule has 10 heteroatoms. The van der Waals surface area contributed by atoms with E-state index >= 15 is 0 Å². The van der Waals surface area contributed by atoms with Gasteiger partial charge in [-0.2, -0.15) is 0 Å². The number of hydrogen-bond donors (Lipinski definition) is 3. The van der Waals surface area contributed by atoms with Gasteiger partial charge >= 0.3 is 0 Å². The minimum absolute atomic E-state index is 0.0128. The van der Waals surface area contributed by atoms with Gasteiger partial charge in [-0.15, -0.1) is 0 Å². The van der Waals surface area contributed by atoms with Crippen molar-refractivity contribution in [3.63, 3.8) is 0 Å². The molecule has 0 aliphatic heterocycles. The third kappa shape index (κ3) is 6.81. The van der Waals surface area contributed by atoms with E-state index in [2.05, 4.69) is 15.0 Å². The van der Waals surface area contributed by atoms with Crippen molar-refractivity contribution in [2.24, 2.45) is 5.92 Å². The van der Waals surface area contributed by atoms with Gasteiger partial charge in [0.1, 0.15) is 18.1 Å². The third-order valence-electron chi connectivity index (χ3n) is 5.82. The van der Waals surface area contributed by atoms with E-state index in [1.807, 2.05) is 0 Å². The fourth-order valence-electron chi connectivity index (χ4n) is 3.90. The van der Waals surface area contributed by atoms with E-state index in [-0.39, 0.29) is 30.4 Å². The molecule has 0 radical (unpaired) electrons. The summed E-state index contributed by atoms with van der Waals surface area (Å²) >= 11 is 0. The monoisotopic (exact) mass is 461 g/mol. The number of nitrogen functional groups attached to an aromatic ring is 1. The van der Waals surface area contributed by atoms with Crippen LogP contribution in [0.15, 0.2) is 35.3 Å². The lowest BCUT2D eigenvalue weighted by Gasteiger charge is -2.21. The van der Waals surface area contributed by atoms with Crippen molar-refractivity contribution in [1.29, 1.82) is 0 Å². The van der Waals surface area contributed by atoms with E-state index in [1.54, 1.807) is 31.3 Å². The SMILES string of the molecule is Cc1ccc(NS(=O)(=O)CCC2CCCCC2)c(=O)n1CC(=O)NCc1ccc(N)nc1. The van der Waals surface area contributed by atoms with E-state index in [0.717, 1.165) is 31.2 Å². The lowest BCUT2D eigenvalue weighted by atomic mass is 9.88. The van der Waals surface area contributed by atoms with Gasteiger partial charge in [-0.05, 0) is 43.0 Å². The highest BCUT2D eigenvalue weighted by Crippen LogP contribution is 2.26. The number of aryl methyl sites for hydroxylation is 1. The highest BCUT2D eigenvalue weighted by atomic mass is 32.2. The second-order valence-electron chi connectivity index (χ2n) is 8.36. The molecule has 32 heavy (non-hydrogen) atoms. The molecule has 174 valence electrons. The number of anilines is 2. The summed E-state index contributed by atoms with van der Waals surface area (Å²) in [6.45, 7) is 1.72. The van der Waals surface area contributed by atoms with E-state index in [1.165, 1.54) is 17.1 Å². The maximum absolute atomic E-state index is 12.9. The number of aromatic nitrogens is 2. The number of nitrogens with zero attached hydrogens (tertiary/aromatic N) is 2. The zero-order chi connectivity index (χ0) is 23.1. The maximum Gasteiger partial charge on any atom is 0.275 e. The molecule has 0 aromatic carbocycles. The van der Waals surface area contributed by atoms with Crippen molar-refractivity contribution in [2.75, 3.05) is 16.2 Å². The first-order chi connectivity index (χ1) is 15.2. The number of pyridine rings is 2. The molecule has 1 amide bonds. The van der Waals surface area contributed by atoms with Gasteiger partial charge in [0.25, 0.3) is 5.56 Å². The summed E-state index contributed by atoms with van der Waals surface area (Å²) in [7, 11) is -3.65. The summed E-state index contributed by atoms with van der Waals surface area (Å²) in [6, 6.07) is 6.46. The summed E-state index contributed by atoms with van der Waals surface area (Å²) < 4.78 is 28.8. The molecule has 1 aliphatic rings. The Balaban J connectivity index is 1.62. The molecule has 0 bridgehead atoms. The summed E-state index contributed by atoms with van der Waals surface area (Å²) in [6.07, 6.45) is 7.81. The Labute approximate surface area is 188 Å². The van der Waals surface area contributed by atoms with Gasteiger partial charge in [0, 0.05) is 18.4 Å². The zero-order valence-electron chi connectivity index (χ0n) is 18.3. The molecule has 1 fully saturated rings. The molecule has 9 nitrogen and oxygen atoms in total. The summed E-state index contributed by atoms with van der Waals surface area (Å²) in [5.74, 6) is 0.431. The van der Waals surface area contributed by atoms with Gasteiger partial charge in [-0.1, -0.05) is 38.2 Å². The number of carbonyl (C=O) groups excluding carboxylic acids is 1. The summed E-state index contributed by atoms with van der Waals surface area (Å²) in [5, 5.41) is 2.73. The molecular weight excluding hydrogens is 430 g/mol. The molecule has 1 aliphatic carbocycles. The molecule has 0 atom stereocenters. The van der Waals surface area contributed by atoms with Crippen molar-refractivity contribution in [2.45, 2.75) is 58.5 Å². The average molecular weight is 462 g/mol. The van der Waals surface area contributed by atoms with Gasteiger partial charge in [0.05, 0.1) is 5.75 Å². The summed E-state index contributed by atoms with van der Waals surface area (Å²) in [5.41, 5.74) is 6.29. The van der Waals surface area contributed by atoms with E-state index < -0.39 is 15.6 Å². The van der Waals surface area contributed by atoms with Crippen molar-refractivity contribution >= 4 is 27.4 Å². The zero-order valence-corrected chi connectivity index (χ0v) is 19.2. The van der Waals surface area contributed by atoms with Crippen LogP contribution in [0.2, 0.25) is 0 Å². The third-order valence-corrected chi connectivity index (χ3v) is 7.12. The van der Waals surface area contributed by atoms with Gasteiger partial charge in [0.15, 0.2) is 0 Å². The fourth-order valence-corrected chi connectivity index (χ4v) is 5.14. The van der Waals surface area contributed by atoms with Gasteiger partial charge in [0.2, 0.25) is 15.9 Å². The Morgan fingerprint density at radius 2 is 1.94 bits per heavy atom. The number of amides is 1. The number of sulfonamides is 1. The second kappa shape index (κ2) is 10.6. The number of rotatable bonds is 9. The normalized spacial score (nSPS) is 14.8. The van der Waals surface area contributed by atoms with Gasteiger partial charge in [-0.25, -0.2) is 13.4 Å². The Bertz CT molecular complexity index is 1090. The molecule has 4 N–H and O–H groups in total. The van der Waals surface area contributed by atoms with Crippen molar-refractivity contribution < 1.29 is 13.2 Å². The lowest BCUT2D eigenvalue weighted by molar-refractivity contribution is -0.121. The molecule has 2 heterocycles. The van der Waals surface area contributed by atoms with Crippen molar-refractivity contribution in [3.8, 4) is 0 Å². The van der Waals surface area contributed by atoms with Gasteiger partial charge in [-0.3, -0.25) is 14.3 Å². The molecule has 3 rings (SSSR count). The molecule has 0 spiro atoms. The Morgan fingerprint density at radius 1 is 1.19 bits per heavy atom. The first kappa shape index (κ1) is 23.8. The van der Waals surface area contributed by atoms with Crippen LogP contribution in [0.3, 0.4) is 0 Å². The second-order valence-corrected chi connectivity index (χ2v) is 10.2. The van der Waals surface area contributed by atoms with Crippen LogP contribution in [0, 0.1) is 12.8 Å². The predicted octanol–water partition coefficient (Wildman–Crippen LogP) is 2.16. The summed E-state index contributed by atoms with van der Waals surface area (Å²) in [4.78, 5) is 29.2. The smallest absolute Gasteiger partial charge is 0.275 e. The molecule has 2 aromatic heterocycles. The average Bonchev–Trinajstić information content (AvgIpc) is 2.77. The molecule has 0 saturated heterocycles. The van der Waals surface area contributed by atoms with E-state index in [4.69, 9.17) is 5.73 Å². The number of nitrogens with two attached hydrogens (primary N) is 1. The quantitative estimate of drug-likeness (QED) is 0.523. The van der Waals surface area contributed by atoms with Crippen molar-refractivity contribution in [1.82, 2.24) is 14.9 Å². The van der Waals surface area contributed by atoms with Crippen LogP contribution in [-0.2, 0) is 27.9 Å². The van der Waals surface area contributed by atoms with Crippen LogP contribution < -0.4 is 21.3 Å². The van der Waals surface area contributed by atoms with E-state index in [0.29, 0.717) is 23.9 Å². The van der Waals surface area contributed by atoms with Crippen LogP contribution >= 0.6 is 0 Å². The largest absolute Gasteiger partial charge is 0.384 e. The molecule has 1 saturated carbocycles. The van der Waals surface area contributed by atoms with Crippen LogP contribution in [0.1, 0.15) is 49.8 Å². The maximum atomic E-state index is 12.9. The predicted molar refractivity (Wildman–Crippen MR) is 125 cm³/mol. The number of nitrogens with one attached hydrogen (secondary N) is 2. The Morgan fingerprint density at radius 3 is 2.62 bits per heavy atom. The van der Waals surface area contributed by atoms with E-state index in [9.17, 15) is 18.0 Å². The highest BCUT2D eigenvalue weighted by Gasteiger charge is 2.20. The Hall–Kier alpha value is -2.88. The first-order valence-electron chi connectivity index (χ1n) is 10.9. The number of carbonyl (C=O) groups is 1. The first-order valence-corrected chi connectivity index (χ1v) is 12.6. The molecule has 0 unspecified atom stereocenters. The van der Waals surface area contributed by atoms with Crippen LogP contribution in [-0.4, -0.2) is 29.6 Å². The minimum Gasteiger partial charge on any atom is -0.384 e. The molecule has 2 aromatic rings. The van der Waals surface area contributed by atoms with Crippen LogP contribution in [0.25, 0.3) is 0 Å². The van der Waals surface area contributed by atoms with Crippen LogP contribution in [0.4, 0.5) is 11.5 Å². The molecular formula is C22H31N5O4S. The lowest BCUT2D eigenvalue weighted by Crippen LogP contribution is -2.34.